The second-order valence-electron chi connectivity index (χ2n) is 5.57. The van der Waals surface area contributed by atoms with E-state index in [9.17, 15) is 19.7 Å². The van der Waals surface area contributed by atoms with Gasteiger partial charge in [-0.25, -0.2) is 9.59 Å². The van der Waals surface area contributed by atoms with Gasteiger partial charge in [-0.2, -0.15) is 0 Å². The highest BCUT2D eigenvalue weighted by atomic mass is 16.6. The standard InChI is InChI=1S/C17H21N3O6/c1-5-25-13-8-7-11(20(23)24)9-12(13)15-14(16(21)26-6-2)10(3)19(4)17(22)18-15/h7-9,15H,5-6H2,1-4H3,(H,18,22). The average molecular weight is 363 g/mol. The second kappa shape index (κ2) is 7.85. The lowest BCUT2D eigenvalue weighted by atomic mass is 9.94. The fourth-order valence-electron chi connectivity index (χ4n) is 2.70. The SMILES string of the molecule is CCOC(=O)C1=C(C)N(C)C(=O)NC1c1cc([N+](=O)[O-])ccc1OCC. The van der Waals surface area contributed by atoms with Crippen molar-refractivity contribution in [1.29, 1.82) is 0 Å². The van der Waals surface area contributed by atoms with E-state index in [1.54, 1.807) is 20.8 Å². The van der Waals surface area contributed by atoms with Crippen LogP contribution in [0.1, 0.15) is 32.4 Å². The summed E-state index contributed by atoms with van der Waals surface area (Å²) < 4.78 is 10.7. The summed E-state index contributed by atoms with van der Waals surface area (Å²) in [6, 6.07) is 2.72. The molecule has 0 saturated carbocycles. The third kappa shape index (κ3) is 3.61. The Morgan fingerprint density at radius 2 is 2.04 bits per heavy atom. The van der Waals surface area contributed by atoms with E-state index in [1.807, 2.05) is 0 Å². The molecule has 0 aromatic heterocycles. The molecule has 0 bridgehead atoms. The first-order chi connectivity index (χ1) is 12.3. The summed E-state index contributed by atoms with van der Waals surface area (Å²) in [5.74, 6) is -0.252. The number of hydrogen-bond donors (Lipinski definition) is 1. The molecule has 1 N–H and O–H groups in total. The van der Waals surface area contributed by atoms with Crippen LogP contribution < -0.4 is 10.1 Å². The van der Waals surface area contributed by atoms with Gasteiger partial charge < -0.3 is 19.7 Å². The Balaban J connectivity index is 2.66. The van der Waals surface area contributed by atoms with Gasteiger partial charge in [0.1, 0.15) is 5.75 Å². The van der Waals surface area contributed by atoms with Crippen LogP contribution in [0.4, 0.5) is 10.5 Å². The van der Waals surface area contributed by atoms with E-state index in [0.29, 0.717) is 23.6 Å². The van der Waals surface area contributed by atoms with Crippen molar-refractivity contribution in [2.45, 2.75) is 26.8 Å². The smallest absolute Gasteiger partial charge is 0.338 e. The van der Waals surface area contributed by atoms with Crippen LogP contribution in [0.15, 0.2) is 29.5 Å². The molecule has 9 heteroatoms. The lowest BCUT2D eigenvalue weighted by Crippen LogP contribution is -2.46. The first-order valence-electron chi connectivity index (χ1n) is 8.15. The molecule has 0 spiro atoms. The van der Waals surface area contributed by atoms with Gasteiger partial charge in [0.2, 0.25) is 0 Å². The number of carbonyl (C=O) groups excluding carboxylic acids is 2. The van der Waals surface area contributed by atoms with Gasteiger partial charge in [-0.3, -0.25) is 10.1 Å². The van der Waals surface area contributed by atoms with E-state index in [4.69, 9.17) is 9.47 Å². The van der Waals surface area contributed by atoms with Crippen molar-refractivity contribution in [3.63, 3.8) is 0 Å². The van der Waals surface area contributed by atoms with Crippen LogP contribution in [0.3, 0.4) is 0 Å². The molecule has 140 valence electrons. The highest BCUT2D eigenvalue weighted by molar-refractivity contribution is 5.95. The first kappa shape index (κ1) is 19.2. The van der Waals surface area contributed by atoms with Crippen LogP contribution in [0.2, 0.25) is 0 Å². The molecule has 0 aliphatic carbocycles. The van der Waals surface area contributed by atoms with E-state index in [1.165, 1.54) is 30.1 Å². The molecule has 9 nitrogen and oxygen atoms in total. The summed E-state index contributed by atoms with van der Waals surface area (Å²) >= 11 is 0. The van der Waals surface area contributed by atoms with Gasteiger partial charge in [-0.1, -0.05) is 0 Å². The summed E-state index contributed by atoms with van der Waals surface area (Å²) in [5.41, 5.74) is 0.768. The number of rotatable bonds is 6. The number of amides is 2. The molecule has 1 aliphatic heterocycles. The van der Waals surface area contributed by atoms with Crippen LogP contribution in [0.5, 0.6) is 5.75 Å². The Kier molecular flexibility index (Phi) is 5.81. The van der Waals surface area contributed by atoms with Gasteiger partial charge in [0, 0.05) is 30.4 Å². The summed E-state index contributed by atoms with van der Waals surface area (Å²) in [6.07, 6.45) is 0. The van der Waals surface area contributed by atoms with Crippen molar-refractivity contribution >= 4 is 17.7 Å². The quantitative estimate of drug-likeness (QED) is 0.472. The molecule has 1 aliphatic rings. The number of non-ortho nitro benzene ring substituents is 1. The van der Waals surface area contributed by atoms with E-state index in [2.05, 4.69) is 5.32 Å². The Bertz CT molecular complexity index is 774. The number of nitrogens with one attached hydrogen (secondary N) is 1. The summed E-state index contributed by atoms with van der Waals surface area (Å²) in [7, 11) is 1.52. The Labute approximate surface area is 150 Å². The van der Waals surface area contributed by atoms with Crippen molar-refractivity contribution in [3.05, 3.63) is 45.1 Å². The molecule has 0 fully saturated rings. The Morgan fingerprint density at radius 3 is 2.62 bits per heavy atom. The van der Waals surface area contributed by atoms with E-state index < -0.39 is 23.0 Å². The molecule has 2 rings (SSSR count). The zero-order chi connectivity index (χ0) is 19.4. The normalized spacial score (nSPS) is 17.0. The molecule has 1 heterocycles. The molecule has 1 unspecified atom stereocenters. The number of hydrogen-bond acceptors (Lipinski definition) is 6. The molecule has 1 aromatic carbocycles. The van der Waals surface area contributed by atoms with Crippen LogP contribution in [0, 0.1) is 10.1 Å². The Morgan fingerprint density at radius 1 is 1.35 bits per heavy atom. The highest BCUT2D eigenvalue weighted by Gasteiger charge is 2.37. The third-order valence-electron chi connectivity index (χ3n) is 4.06. The maximum Gasteiger partial charge on any atom is 0.338 e. The third-order valence-corrected chi connectivity index (χ3v) is 4.06. The molecule has 1 atom stereocenters. The molecular formula is C17H21N3O6. The van der Waals surface area contributed by atoms with Crippen molar-refractivity contribution in [2.24, 2.45) is 0 Å². The maximum atomic E-state index is 12.5. The minimum Gasteiger partial charge on any atom is -0.493 e. The number of esters is 1. The van der Waals surface area contributed by atoms with Crippen molar-refractivity contribution in [1.82, 2.24) is 10.2 Å². The van der Waals surface area contributed by atoms with Crippen molar-refractivity contribution in [2.75, 3.05) is 20.3 Å². The topological polar surface area (TPSA) is 111 Å². The lowest BCUT2D eigenvalue weighted by Gasteiger charge is -2.33. The van der Waals surface area contributed by atoms with E-state index >= 15 is 0 Å². The zero-order valence-electron chi connectivity index (χ0n) is 15.1. The number of nitro benzene ring substituents is 1. The minimum atomic E-state index is -0.917. The first-order valence-corrected chi connectivity index (χ1v) is 8.15. The largest absolute Gasteiger partial charge is 0.493 e. The number of benzene rings is 1. The van der Waals surface area contributed by atoms with Gasteiger partial charge >= 0.3 is 12.0 Å². The molecular weight excluding hydrogens is 342 g/mol. The average Bonchev–Trinajstić information content (AvgIpc) is 2.60. The van der Waals surface area contributed by atoms with Gasteiger partial charge in [0.05, 0.1) is 29.8 Å². The predicted molar refractivity (Wildman–Crippen MR) is 92.6 cm³/mol. The number of nitrogens with zero attached hydrogens (tertiary/aromatic N) is 2. The van der Waals surface area contributed by atoms with Gasteiger partial charge in [-0.15, -0.1) is 0 Å². The number of ether oxygens (including phenoxy) is 2. The zero-order valence-corrected chi connectivity index (χ0v) is 15.1. The van der Waals surface area contributed by atoms with E-state index in [0.717, 1.165) is 0 Å². The molecule has 0 saturated heterocycles. The summed E-state index contributed by atoms with van der Waals surface area (Å²) in [4.78, 5) is 36.7. The predicted octanol–water partition coefficient (Wildman–Crippen LogP) is 2.53. The maximum absolute atomic E-state index is 12.5. The van der Waals surface area contributed by atoms with Crippen LogP contribution in [0.25, 0.3) is 0 Å². The number of allylic oxidation sites excluding steroid dienone is 1. The van der Waals surface area contributed by atoms with Crippen LogP contribution in [-0.2, 0) is 9.53 Å². The molecule has 1 aromatic rings. The number of urea groups is 1. The van der Waals surface area contributed by atoms with Gasteiger partial charge in [-0.05, 0) is 26.8 Å². The fraction of sp³-hybridized carbons (Fsp3) is 0.412. The highest BCUT2D eigenvalue weighted by Crippen LogP contribution is 2.37. The van der Waals surface area contributed by atoms with E-state index in [-0.39, 0.29) is 17.9 Å². The fourth-order valence-corrected chi connectivity index (χ4v) is 2.70. The molecule has 0 radical (unpaired) electrons. The van der Waals surface area contributed by atoms with Crippen LogP contribution >= 0.6 is 0 Å². The summed E-state index contributed by atoms with van der Waals surface area (Å²) in [6.45, 7) is 5.55. The minimum absolute atomic E-state index is 0.160. The van der Waals surface area contributed by atoms with Crippen LogP contribution in [-0.4, -0.2) is 42.1 Å². The molecule has 2 amide bonds. The lowest BCUT2D eigenvalue weighted by molar-refractivity contribution is -0.385. The second-order valence-corrected chi connectivity index (χ2v) is 5.57. The van der Waals surface area contributed by atoms with Crippen molar-refractivity contribution in [3.8, 4) is 5.75 Å². The monoisotopic (exact) mass is 363 g/mol. The van der Waals surface area contributed by atoms with Gasteiger partial charge in [0.25, 0.3) is 5.69 Å². The molecule has 26 heavy (non-hydrogen) atoms. The summed E-state index contributed by atoms with van der Waals surface area (Å²) in [5, 5.41) is 13.9. The number of carbonyl (C=O) groups is 2. The number of nitro groups is 1. The van der Waals surface area contributed by atoms with Crippen molar-refractivity contribution < 1.29 is 24.0 Å². The Hall–Kier alpha value is -3.10. The van der Waals surface area contributed by atoms with Gasteiger partial charge in [0.15, 0.2) is 0 Å².